The first-order valence-electron chi connectivity index (χ1n) is 5.90. The van der Waals surface area contributed by atoms with Gasteiger partial charge in [-0.15, -0.1) is 0 Å². The highest BCUT2D eigenvalue weighted by atomic mass is 35.5. The van der Waals surface area contributed by atoms with Crippen molar-refractivity contribution in [3.05, 3.63) is 64.9 Å². The molecule has 0 amide bonds. The standard InChI is InChI=1S/C14H13ClFNO2S/c15-11-4-6-13(7-5-11)20(18,19)14(9-17)10-2-1-3-12(16)8-10/h1-8,14H,9,17H2/t14-/m1/s1. The molecule has 3 nitrogen and oxygen atoms in total. The molecule has 0 bridgehead atoms. The van der Waals surface area contributed by atoms with Gasteiger partial charge in [0.15, 0.2) is 9.84 Å². The third-order valence-electron chi connectivity index (χ3n) is 2.95. The molecule has 1 atom stereocenters. The minimum Gasteiger partial charge on any atom is -0.329 e. The third kappa shape index (κ3) is 3.00. The van der Waals surface area contributed by atoms with Crippen LogP contribution < -0.4 is 5.73 Å². The number of benzene rings is 2. The van der Waals surface area contributed by atoms with E-state index in [2.05, 4.69) is 0 Å². The summed E-state index contributed by atoms with van der Waals surface area (Å²) < 4.78 is 38.3. The normalized spacial score (nSPS) is 13.2. The van der Waals surface area contributed by atoms with E-state index in [0.29, 0.717) is 10.6 Å². The van der Waals surface area contributed by atoms with Crippen molar-refractivity contribution in [3.8, 4) is 0 Å². The second-order valence-corrected chi connectivity index (χ2v) is 6.85. The largest absolute Gasteiger partial charge is 0.329 e. The van der Waals surface area contributed by atoms with E-state index < -0.39 is 20.9 Å². The first kappa shape index (κ1) is 15.0. The minimum atomic E-state index is -3.69. The molecule has 0 aliphatic heterocycles. The van der Waals surface area contributed by atoms with Gasteiger partial charge in [-0.2, -0.15) is 0 Å². The second-order valence-electron chi connectivity index (χ2n) is 4.28. The number of halogens is 2. The summed E-state index contributed by atoms with van der Waals surface area (Å²) in [7, 11) is -3.69. The van der Waals surface area contributed by atoms with Crippen molar-refractivity contribution in [1.29, 1.82) is 0 Å². The topological polar surface area (TPSA) is 60.2 Å². The summed E-state index contributed by atoms with van der Waals surface area (Å²) in [5.41, 5.74) is 5.92. The lowest BCUT2D eigenvalue weighted by atomic mass is 10.1. The van der Waals surface area contributed by atoms with Gasteiger partial charge in [-0.25, -0.2) is 12.8 Å². The van der Waals surface area contributed by atoms with Gasteiger partial charge in [0, 0.05) is 11.6 Å². The van der Waals surface area contributed by atoms with Crippen molar-refractivity contribution in [2.24, 2.45) is 5.73 Å². The lowest BCUT2D eigenvalue weighted by Gasteiger charge is -2.16. The first-order valence-corrected chi connectivity index (χ1v) is 7.82. The highest BCUT2D eigenvalue weighted by Gasteiger charge is 2.28. The maximum atomic E-state index is 13.3. The molecular weight excluding hydrogens is 301 g/mol. The van der Waals surface area contributed by atoms with E-state index in [1.165, 1.54) is 42.5 Å². The Morgan fingerprint density at radius 3 is 2.35 bits per heavy atom. The fraction of sp³-hybridized carbons (Fsp3) is 0.143. The Balaban J connectivity index is 2.47. The summed E-state index contributed by atoms with van der Waals surface area (Å²) in [5.74, 6) is -0.493. The number of sulfone groups is 1. The SMILES string of the molecule is NC[C@H](c1cccc(F)c1)S(=O)(=O)c1ccc(Cl)cc1. The summed E-state index contributed by atoms with van der Waals surface area (Å²) in [4.78, 5) is 0.113. The molecule has 106 valence electrons. The van der Waals surface area contributed by atoms with Gasteiger partial charge in [-0.3, -0.25) is 0 Å². The van der Waals surface area contributed by atoms with Crippen LogP contribution in [0.1, 0.15) is 10.8 Å². The van der Waals surface area contributed by atoms with E-state index in [1.54, 1.807) is 6.07 Å². The fourth-order valence-electron chi connectivity index (χ4n) is 1.94. The Morgan fingerprint density at radius 1 is 1.15 bits per heavy atom. The molecule has 0 unspecified atom stereocenters. The molecule has 2 aromatic carbocycles. The van der Waals surface area contributed by atoms with Crippen LogP contribution in [0.15, 0.2) is 53.4 Å². The van der Waals surface area contributed by atoms with E-state index in [9.17, 15) is 12.8 Å². The van der Waals surface area contributed by atoms with Gasteiger partial charge >= 0.3 is 0 Å². The fourth-order valence-corrected chi connectivity index (χ4v) is 3.67. The van der Waals surface area contributed by atoms with Gasteiger partial charge in [0.25, 0.3) is 0 Å². The molecule has 2 rings (SSSR count). The number of rotatable bonds is 4. The number of nitrogens with two attached hydrogens (primary N) is 1. The maximum Gasteiger partial charge on any atom is 0.186 e. The zero-order chi connectivity index (χ0) is 14.8. The van der Waals surface area contributed by atoms with Crippen LogP contribution in [0.4, 0.5) is 4.39 Å². The zero-order valence-corrected chi connectivity index (χ0v) is 12.0. The molecule has 0 aliphatic rings. The zero-order valence-electron chi connectivity index (χ0n) is 10.5. The Hall–Kier alpha value is -1.43. The molecule has 0 saturated heterocycles. The molecule has 0 saturated carbocycles. The highest BCUT2D eigenvalue weighted by molar-refractivity contribution is 7.91. The molecule has 2 N–H and O–H groups in total. The summed E-state index contributed by atoms with van der Waals surface area (Å²) in [6, 6.07) is 11.3. The molecule has 0 heterocycles. The molecule has 2 aromatic rings. The van der Waals surface area contributed by atoms with Crippen molar-refractivity contribution in [1.82, 2.24) is 0 Å². The van der Waals surface area contributed by atoms with Crippen LogP contribution in [-0.4, -0.2) is 15.0 Å². The van der Waals surface area contributed by atoms with Crippen LogP contribution >= 0.6 is 11.6 Å². The Morgan fingerprint density at radius 2 is 1.80 bits per heavy atom. The lowest BCUT2D eigenvalue weighted by Crippen LogP contribution is -2.22. The molecule has 0 spiro atoms. The molecule has 0 radical (unpaired) electrons. The Bertz CT molecular complexity index is 701. The van der Waals surface area contributed by atoms with Gasteiger partial charge in [0.1, 0.15) is 11.1 Å². The van der Waals surface area contributed by atoms with Gasteiger partial charge < -0.3 is 5.73 Å². The van der Waals surface area contributed by atoms with Crippen LogP contribution in [0.25, 0.3) is 0 Å². The van der Waals surface area contributed by atoms with E-state index in [-0.39, 0.29) is 11.4 Å². The lowest BCUT2D eigenvalue weighted by molar-refractivity contribution is 0.581. The van der Waals surface area contributed by atoms with Crippen LogP contribution in [0, 0.1) is 5.82 Å². The Labute approximate surface area is 122 Å². The quantitative estimate of drug-likeness (QED) is 0.944. The van der Waals surface area contributed by atoms with Crippen LogP contribution in [0.2, 0.25) is 5.02 Å². The van der Waals surface area contributed by atoms with E-state index >= 15 is 0 Å². The molecule has 6 heteroatoms. The minimum absolute atomic E-state index is 0.113. The van der Waals surface area contributed by atoms with Gasteiger partial charge in [-0.1, -0.05) is 23.7 Å². The van der Waals surface area contributed by atoms with Gasteiger partial charge in [0.2, 0.25) is 0 Å². The van der Waals surface area contributed by atoms with Crippen molar-refractivity contribution >= 4 is 21.4 Å². The maximum absolute atomic E-state index is 13.3. The van der Waals surface area contributed by atoms with E-state index in [4.69, 9.17) is 17.3 Å². The summed E-state index contributed by atoms with van der Waals surface area (Å²) in [5, 5.41) is -0.543. The average Bonchev–Trinajstić information content (AvgIpc) is 2.40. The van der Waals surface area contributed by atoms with Gasteiger partial charge in [-0.05, 0) is 42.0 Å². The van der Waals surface area contributed by atoms with Crippen molar-refractivity contribution < 1.29 is 12.8 Å². The van der Waals surface area contributed by atoms with Crippen molar-refractivity contribution in [2.75, 3.05) is 6.54 Å². The van der Waals surface area contributed by atoms with Crippen molar-refractivity contribution in [3.63, 3.8) is 0 Å². The summed E-state index contributed by atoms with van der Waals surface area (Å²) >= 11 is 5.74. The summed E-state index contributed by atoms with van der Waals surface area (Å²) in [6.45, 7) is -0.131. The Kier molecular flexibility index (Phi) is 4.42. The number of hydrogen-bond acceptors (Lipinski definition) is 3. The number of hydrogen-bond donors (Lipinski definition) is 1. The molecule has 0 fully saturated rings. The monoisotopic (exact) mass is 313 g/mol. The molecule has 0 aliphatic carbocycles. The molecule has 0 aromatic heterocycles. The van der Waals surface area contributed by atoms with Crippen molar-refractivity contribution in [2.45, 2.75) is 10.1 Å². The highest BCUT2D eigenvalue weighted by Crippen LogP contribution is 2.29. The molecule has 20 heavy (non-hydrogen) atoms. The van der Waals surface area contributed by atoms with Crippen LogP contribution in [0.3, 0.4) is 0 Å². The molecular formula is C14H13ClFNO2S. The first-order chi connectivity index (χ1) is 9.45. The second kappa shape index (κ2) is 5.91. The van der Waals surface area contributed by atoms with E-state index in [0.717, 1.165) is 0 Å². The predicted octanol–water partition coefficient (Wildman–Crippen LogP) is 2.95. The van der Waals surface area contributed by atoms with Crippen LogP contribution in [-0.2, 0) is 9.84 Å². The summed E-state index contributed by atoms with van der Waals surface area (Å²) in [6.07, 6.45) is 0. The van der Waals surface area contributed by atoms with E-state index in [1.807, 2.05) is 0 Å². The third-order valence-corrected chi connectivity index (χ3v) is 5.35. The predicted molar refractivity (Wildman–Crippen MR) is 76.8 cm³/mol. The van der Waals surface area contributed by atoms with Crippen LogP contribution in [0.5, 0.6) is 0 Å². The average molecular weight is 314 g/mol. The smallest absolute Gasteiger partial charge is 0.186 e. The van der Waals surface area contributed by atoms with Gasteiger partial charge in [0.05, 0.1) is 4.90 Å².